The lowest BCUT2D eigenvalue weighted by molar-refractivity contribution is 0.125. The van der Waals surface area contributed by atoms with Crippen LogP contribution in [0, 0.1) is 73.0 Å². The third kappa shape index (κ3) is 10.7. The molecule has 0 aromatic rings. The van der Waals surface area contributed by atoms with Crippen LogP contribution in [0.1, 0.15) is 25.7 Å². The average molecular weight is 332 g/mol. The summed E-state index contributed by atoms with van der Waals surface area (Å²) in [6.07, 6.45) is 22.2. The van der Waals surface area contributed by atoms with Gasteiger partial charge in [0.15, 0.2) is 0 Å². The molecule has 4 heteroatoms. The van der Waals surface area contributed by atoms with Gasteiger partial charge < -0.3 is 20.4 Å². The number of hydrogen-bond acceptors (Lipinski definition) is 4. The van der Waals surface area contributed by atoms with Crippen LogP contribution >= 0.6 is 0 Å². The van der Waals surface area contributed by atoms with E-state index in [4.69, 9.17) is 46.1 Å². The Balaban J connectivity index is 0. The minimum absolute atomic E-state index is 0.0168. The van der Waals surface area contributed by atoms with E-state index in [1.54, 1.807) is 0 Å². The van der Waals surface area contributed by atoms with Gasteiger partial charge in [-0.05, 0) is 23.7 Å². The highest BCUT2D eigenvalue weighted by Crippen LogP contribution is 2.18. The van der Waals surface area contributed by atoms with E-state index in [0.717, 1.165) is 0 Å². The van der Waals surface area contributed by atoms with Crippen molar-refractivity contribution in [3.05, 3.63) is 0 Å². The van der Waals surface area contributed by atoms with Gasteiger partial charge in [-0.1, -0.05) is 0 Å². The van der Waals surface area contributed by atoms with Crippen molar-refractivity contribution in [1.82, 2.24) is 0 Å². The van der Waals surface area contributed by atoms with E-state index in [-0.39, 0.29) is 50.1 Å². The molecule has 0 aliphatic heterocycles. The van der Waals surface area contributed by atoms with Crippen LogP contribution in [0.2, 0.25) is 0 Å². The first-order valence-electron chi connectivity index (χ1n) is 7.77. The summed E-state index contributed by atoms with van der Waals surface area (Å²) in [5.41, 5.74) is 0. The Morgan fingerprint density at radius 1 is 0.458 bits per heavy atom. The fourth-order valence-electron chi connectivity index (χ4n) is 2.13. The molecule has 0 heterocycles. The van der Waals surface area contributed by atoms with E-state index >= 15 is 0 Å². The number of rotatable bonds is 10. The van der Waals surface area contributed by atoms with Crippen LogP contribution < -0.4 is 0 Å². The molecule has 0 aliphatic rings. The van der Waals surface area contributed by atoms with Crippen molar-refractivity contribution < 1.29 is 20.4 Å². The maximum Gasteiger partial charge on any atom is 0.0472 e. The highest BCUT2D eigenvalue weighted by atomic mass is 16.3. The molecule has 0 aromatic heterocycles. The quantitative estimate of drug-likeness (QED) is 0.439. The molecule has 0 unspecified atom stereocenters. The van der Waals surface area contributed by atoms with Crippen LogP contribution in [0.4, 0.5) is 0 Å². The Labute approximate surface area is 146 Å². The number of aliphatic hydroxyl groups excluding tert-OH is 4. The maximum absolute atomic E-state index is 8.91. The zero-order valence-corrected chi connectivity index (χ0v) is 14.1. The summed E-state index contributed by atoms with van der Waals surface area (Å²) in [6, 6.07) is 0. The third-order valence-corrected chi connectivity index (χ3v) is 3.79. The Bertz CT molecular complexity index is 370. The van der Waals surface area contributed by atoms with Crippen molar-refractivity contribution >= 4 is 0 Å². The molecule has 0 amide bonds. The van der Waals surface area contributed by atoms with Gasteiger partial charge in [0, 0.05) is 52.1 Å². The smallest absolute Gasteiger partial charge is 0.0472 e. The molecule has 0 bridgehead atoms. The van der Waals surface area contributed by atoms with E-state index in [0.29, 0.717) is 25.7 Å². The summed E-state index contributed by atoms with van der Waals surface area (Å²) in [7, 11) is 0. The van der Waals surface area contributed by atoms with Gasteiger partial charge in [-0.15, -0.1) is 49.4 Å². The van der Waals surface area contributed by atoms with Crippen LogP contribution in [-0.2, 0) is 0 Å². The van der Waals surface area contributed by atoms with Crippen molar-refractivity contribution in [2.45, 2.75) is 25.7 Å². The lowest BCUT2D eigenvalue weighted by Gasteiger charge is -2.19. The van der Waals surface area contributed by atoms with Crippen LogP contribution in [0.5, 0.6) is 0 Å². The topological polar surface area (TPSA) is 80.9 Å². The number of hydrogen-bond donors (Lipinski definition) is 4. The van der Waals surface area contributed by atoms with Gasteiger partial charge in [-0.3, -0.25) is 0 Å². The average Bonchev–Trinajstić information content (AvgIpc) is 2.61. The molecule has 4 nitrogen and oxygen atoms in total. The van der Waals surface area contributed by atoms with Crippen LogP contribution in [-0.4, -0.2) is 46.9 Å². The van der Waals surface area contributed by atoms with Crippen molar-refractivity contribution in [2.75, 3.05) is 26.4 Å². The maximum atomic E-state index is 8.91. The molecular formula is C20H28O4. The zero-order chi connectivity index (χ0) is 18.8. The Hall–Kier alpha value is -1.92. The van der Waals surface area contributed by atoms with Gasteiger partial charge in [-0.2, -0.15) is 0 Å². The van der Waals surface area contributed by atoms with E-state index in [1.165, 1.54) is 0 Å². The summed E-state index contributed by atoms with van der Waals surface area (Å²) < 4.78 is 0. The third-order valence-electron chi connectivity index (χ3n) is 3.79. The number of aliphatic hydroxyl groups is 4. The predicted octanol–water partition coefficient (Wildman–Crippen LogP) is 0.500. The van der Waals surface area contributed by atoms with Gasteiger partial charge in [0.1, 0.15) is 0 Å². The highest BCUT2D eigenvalue weighted by molar-refractivity contribution is 4.94. The lowest BCUT2D eigenvalue weighted by atomic mass is 9.89. The summed E-state index contributed by atoms with van der Waals surface area (Å²) in [5.74, 6) is 9.52. The van der Waals surface area contributed by atoms with Gasteiger partial charge in [0.2, 0.25) is 0 Å². The monoisotopic (exact) mass is 332 g/mol. The predicted molar refractivity (Wildman–Crippen MR) is 96.1 cm³/mol. The minimum atomic E-state index is -0.0731. The summed E-state index contributed by atoms with van der Waals surface area (Å²) in [6.45, 7) is -0.0670. The molecule has 0 radical (unpaired) electrons. The molecule has 0 rings (SSSR count). The van der Waals surface area contributed by atoms with E-state index in [1.807, 2.05) is 0 Å². The molecule has 0 saturated heterocycles. The van der Waals surface area contributed by atoms with Crippen molar-refractivity contribution in [1.29, 1.82) is 0 Å². The van der Waals surface area contributed by atoms with Gasteiger partial charge in [0.05, 0.1) is 0 Å². The van der Waals surface area contributed by atoms with Crippen molar-refractivity contribution in [2.24, 2.45) is 23.7 Å². The normalized spacial score (nSPS) is 14.3. The molecule has 0 fully saturated rings. The molecule has 0 spiro atoms. The van der Waals surface area contributed by atoms with Crippen LogP contribution in [0.15, 0.2) is 0 Å². The fourth-order valence-corrected chi connectivity index (χ4v) is 2.13. The second-order valence-corrected chi connectivity index (χ2v) is 5.40. The lowest BCUT2D eigenvalue weighted by Crippen LogP contribution is -2.21. The van der Waals surface area contributed by atoms with Crippen molar-refractivity contribution in [3.8, 4) is 49.4 Å². The first kappa shape index (κ1) is 24.3. The van der Waals surface area contributed by atoms with Crippen LogP contribution in [0.3, 0.4) is 0 Å². The largest absolute Gasteiger partial charge is 0.396 e. The highest BCUT2D eigenvalue weighted by Gasteiger charge is 2.18. The molecule has 4 atom stereocenters. The SMILES string of the molecule is C#CC[C@@H](CO)[C@@H](CO)CC#C.C#CC[C@@H](CO)[C@@H](CO)CC#C. The molecule has 0 saturated carbocycles. The molecule has 24 heavy (non-hydrogen) atoms. The molecule has 4 N–H and O–H groups in total. The summed E-state index contributed by atoms with van der Waals surface area (Å²) >= 11 is 0. The van der Waals surface area contributed by atoms with E-state index < -0.39 is 0 Å². The second-order valence-electron chi connectivity index (χ2n) is 5.40. The summed E-state index contributed by atoms with van der Waals surface area (Å²) in [5, 5.41) is 35.6. The minimum Gasteiger partial charge on any atom is -0.396 e. The fraction of sp³-hybridized carbons (Fsp3) is 0.600. The standard InChI is InChI=1S/2C10H14O2/c2*1-3-5-9(7-11)10(8-12)6-4-2/h2*1-2,9-12H,5-8H2/t2*9-,10+. The first-order valence-corrected chi connectivity index (χ1v) is 7.77. The van der Waals surface area contributed by atoms with Gasteiger partial charge in [0.25, 0.3) is 0 Å². The molecule has 132 valence electrons. The summed E-state index contributed by atoms with van der Waals surface area (Å²) in [4.78, 5) is 0. The van der Waals surface area contributed by atoms with E-state index in [9.17, 15) is 0 Å². The zero-order valence-electron chi connectivity index (χ0n) is 14.1. The Kier molecular flexibility index (Phi) is 17.7. The molecule has 0 aliphatic carbocycles. The second kappa shape index (κ2) is 17.4. The van der Waals surface area contributed by atoms with Gasteiger partial charge >= 0.3 is 0 Å². The number of terminal acetylenes is 4. The van der Waals surface area contributed by atoms with Crippen molar-refractivity contribution in [3.63, 3.8) is 0 Å². The molecular weight excluding hydrogens is 304 g/mol. The Morgan fingerprint density at radius 3 is 0.708 bits per heavy atom. The van der Waals surface area contributed by atoms with Crippen LogP contribution in [0.25, 0.3) is 0 Å². The molecule has 0 aromatic carbocycles. The first-order chi connectivity index (χ1) is 11.6. The van der Waals surface area contributed by atoms with E-state index in [2.05, 4.69) is 23.7 Å². The Morgan fingerprint density at radius 2 is 0.625 bits per heavy atom. The van der Waals surface area contributed by atoms with Gasteiger partial charge in [-0.25, -0.2) is 0 Å².